The van der Waals surface area contributed by atoms with E-state index in [0.29, 0.717) is 11.0 Å². The maximum atomic E-state index is 5.76. The van der Waals surface area contributed by atoms with Gasteiger partial charge in [-0.15, -0.1) is 0 Å². The van der Waals surface area contributed by atoms with Crippen molar-refractivity contribution in [3.63, 3.8) is 0 Å². The molecule has 2 unspecified atom stereocenters. The second-order valence-electron chi connectivity index (χ2n) is 3.81. The Balaban J connectivity index is 4.49. The lowest BCUT2D eigenvalue weighted by Crippen LogP contribution is -2.49. The molecule has 0 radical (unpaired) electrons. The van der Waals surface area contributed by atoms with Crippen LogP contribution in [0.25, 0.3) is 0 Å². The van der Waals surface area contributed by atoms with Crippen LogP contribution in [0.1, 0.15) is 33.6 Å². The maximum Gasteiger partial charge on any atom is 0.0902 e. The summed E-state index contributed by atoms with van der Waals surface area (Å²) in [5.74, 6) is 0. The Hall–Kier alpha value is -0.190. The number of thiocarbonyl (C=S) groups is 1. The van der Waals surface area contributed by atoms with E-state index in [0.717, 1.165) is 26.0 Å². The van der Waals surface area contributed by atoms with Crippen molar-refractivity contribution in [3.05, 3.63) is 0 Å². The van der Waals surface area contributed by atoms with Crippen molar-refractivity contribution in [2.24, 2.45) is 5.73 Å². The molecule has 0 aliphatic carbocycles. The number of rotatable bonds is 8. The zero-order valence-electron chi connectivity index (χ0n) is 10.3. The summed E-state index contributed by atoms with van der Waals surface area (Å²) in [6, 6.07) is 0.691. The highest BCUT2D eigenvalue weighted by Gasteiger charge is 2.22. The molecule has 2 N–H and O–H groups in total. The molecule has 0 heterocycles. The van der Waals surface area contributed by atoms with Gasteiger partial charge in [-0.25, -0.2) is 0 Å². The zero-order chi connectivity index (χ0) is 11.8. The van der Waals surface area contributed by atoms with E-state index in [1.165, 1.54) is 0 Å². The molecule has 15 heavy (non-hydrogen) atoms. The second-order valence-corrected chi connectivity index (χ2v) is 4.29. The van der Waals surface area contributed by atoms with Crippen LogP contribution in [0, 0.1) is 0 Å². The molecule has 0 bridgehead atoms. The molecule has 0 saturated carbocycles. The predicted octanol–water partition coefficient (Wildman–Crippen LogP) is 1.80. The summed E-state index contributed by atoms with van der Waals surface area (Å²) in [5.41, 5.74) is 5.76. The van der Waals surface area contributed by atoms with Crippen LogP contribution in [0.15, 0.2) is 0 Å². The molecule has 0 aliphatic rings. The van der Waals surface area contributed by atoms with Crippen molar-refractivity contribution >= 4 is 17.2 Å². The summed E-state index contributed by atoms with van der Waals surface area (Å²) in [5, 5.41) is 0. The molecule has 90 valence electrons. The van der Waals surface area contributed by atoms with Crippen LogP contribution in [-0.4, -0.2) is 42.2 Å². The lowest BCUT2D eigenvalue weighted by molar-refractivity contribution is 0.108. The van der Waals surface area contributed by atoms with Crippen LogP contribution in [-0.2, 0) is 4.74 Å². The molecular weight excluding hydrogens is 208 g/mol. The van der Waals surface area contributed by atoms with E-state index in [-0.39, 0.29) is 6.04 Å². The Labute approximate surface area is 99.0 Å². The topological polar surface area (TPSA) is 38.5 Å². The molecule has 0 aromatic heterocycles. The summed E-state index contributed by atoms with van der Waals surface area (Å²) in [6.45, 7) is 8.12. The average molecular weight is 232 g/mol. The lowest BCUT2D eigenvalue weighted by Gasteiger charge is -2.34. The van der Waals surface area contributed by atoms with Crippen LogP contribution < -0.4 is 5.73 Å². The first-order valence-electron chi connectivity index (χ1n) is 5.62. The van der Waals surface area contributed by atoms with Gasteiger partial charge in [0.05, 0.1) is 17.6 Å². The van der Waals surface area contributed by atoms with Crippen LogP contribution in [0.3, 0.4) is 0 Å². The van der Waals surface area contributed by atoms with Gasteiger partial charge in [0, 0.05) is 19.7 Å². The molecule has 4 heteroatoms. The summed E-state index contributed by atoms with van der Waals surface area (Å²) in [4.78, 5) is 2.93. The molecule has 0 fully saturated rings. The fourth-order valence-electron chi connectivity index (χ4n) is 1.71. The molecule has 0 aromatic rings. The van der Waals surface area contributed by atoms with Gasteiger partial charge in [0.2, 0.25) is 0 Å². The molecule has 0 rings (SSSR count). The van der Waals surface area contributed by atoms with Crippen molar-refractivity contribution in [1.82, 2.24) is 4.90 Å². The Morgan fingerprint density at radius 1 is 1.40 bits per heavy atom. The molecular formula is C11H24N2OS. The van der Waals surface area contributed by atoms with Crippen molar-refractivity contribution in [2.45, 2.75) is 45.7 Å². The quantitative estimate of drug-likeness (QED) is 0.648. The van der Waals surface area contributed by atoms with E-state index in [4.69, 9.17) is 22.7 Å². The molecule has 0 saturated heterocycles. The van der Waals surface area contributed by atoms with Crippen molar-refractivity contribution in [1.29, 1.82) is 0 Å². The van der Waals surface area contributed by atoms with Crippen LogP contribution >= 0.6 is 12.2 Å². The molecule has 2 atom stereocenters. The molecule has 3 nitrogen and oxygen atoms in total. The van der Waals surface area contributed by atoms with Gasteiger partial charge in [-0.05, 0) is 19.8 Å². The lowest BCUT2D eigenvalue weighted by atomic mass is 10.1. The standard InChI is InChI=1S/C11H24N2OS/c1-5-9(3)13(7-8-14-4)10(6-2)11(12)15/h9-10H,5-8H2,1-4H3,(H2,12,15). The first-order valence-corrected chi connectivity index (χ1v) is 6.03. The highest BCUT2D eigenvalue weighted by molar-refractivity contribution is 7.80. The van der Waals surface area contributed by atoms with Crippen molar-refractivity contribution in [3.8, 4) is 0 Å². The first kappa shape index (κ1) is 14.8. The Morgan fingerprint density at radius 2 is 2.00 bits per heavy atom. The van der Waals surface area contributed by atoms with E-state index in [2.05, 4.69) is 25.7 Å². The minimum Gasteiger partial charge on any atom is -0.392 e. The number of nitrogens with two attached hydrogens (primary N) is 1. The van der Waals surface area contributed by atoms with E-state index in [9.17, 15) is 0 Å². The summed E-state index contributed by atoms with van der Waals surface area (Å²) >= 11 is 5.11. The van der Waals surface area contributed by atoms with E-state index in [1.807, 2.05) is 0 Å². The summed E-state index contributed by atoms with van der Waals surface area (Å²) < 4.78 is 5.12. The van der Waals surface area contributed by atoms with Crippen molar-refractivity contribution < 1.29 is 4.74 Å². The fraction of sp³-hybridized carbons (Fsp3) is 0.909. The van der Waals surface area contributed by atoms with Gasteiger partial charge in [-0.3, -0.25) is 4.90 Å². The number of hydrogen-bond donors (Lipinski definition) is 1. The van der Waals surface area contributed by atoms with Gasteiger partial charge in [0.1, 0.15) is 0 Å². The van der Waals surface area contributed by atoms with E-state index >= 15 is 0 Å². The molecule has 0 amide bonds. The molecule has 0 aliphatic heterocycles. The van der Waals surface area contributed by atoms with Gasteiger partial charge in [0.15, 0.2) is 0 Å². The van der Waals surface area contributed by atoms with E-state index in [1.54, 1.807) is 7.11 Å². The average Bonchev–Trinajstić information content (AvgIpc) is 2.22. The number of methoxy groups -OCH3 is 1. The third kappa shape index (κ3) is 4.91. The van der Waals surface area contributed by atoms with Gasteiger partial charge < -0.3 is 10.5 Å². The third-order valence-electron chi connectivity index (χ3n) is 2.83. The van der Waals surface area contributed by atoms with Crippen LogP contribution in [0.5, 0.6) is 0 Å². The zero-order valence-corrected chi connectivity index (χ0v) is 11.1. The molecule has 0 aromatic carbocycles. The fourth-order valence-corrected chi connectivity index (χ4v) is 2.02. The van der Waals surface area contributed by atoms with E-state index < -0.39 is 0 Å². The minimum atomic E-state index is 0.199. The highest BCUT2D eigenvalue weighted by atomic mass is 32.1. The van der Waals surface area contributed by atoms with Gasteiger partial charge in [-0.1, -0.05) is 26.1 Å². The first-order chi connectivity index (χ1) is 7.08. The normalized spacial score (nSPS) is 15.3. The minimum absolute atomic E-state index is 0.199. The third-order valence-corrected chi connectivity index (χ3v) is 3.10. The Kier molecular flexibility index (Phi) is 7.92. The van der Waals surface area contributed by atoms with Crippen LogP contribution in [0.2, 0.25) is 0 Å². The smallest absolute Gasteiger partial charge is 0.0902 e. The summed E-state index contributed by atoms with van der Waals surface area (Å²) in [7, 11) is 1.72. The number of nitrogens with zero attached hydrogens (tertiary/aromatic N) is 1. The Bertz CT molecular complexity index is 187. The number of ether oxygens (including phenoxy) is 1. The number of hydrogen-bond acceptors (Lipinski definition) is 3. The van der Waals surface area contributed by atoms with Gasteiger partial charge in [0.25, 0.3) is 0 Å². The van der Waals surface area contributed by atoms with Gasteiger partial charge in [-0.2, -0.15) is 0 Å². The highest BCUT2D eigenvalue weighted by Crippen LogP contribution is 2.12. The SMILES string of the molecule is CCC(C)N(CCOC)C(CC)C(N)=S. The molecule has 0 spiro atoms. The Morgan fingerprint density at radius 3 is 2.33 bits per heavy atom. The largest absolute Gasteiger partial charge is 0.392 e. The van der Waals surface area contributed by atoms with Gasteiger partial charge >= 0.3 is 0 Å². The second kappa shape index (κ2) is 8.02. The monoisotopic (exact) mass is 232 g/mol. The van der Waals surface area contributed by atoms with Crippen LogP contribution in [0.4, 0.5) is 0 Å². The van der Waals surface area contributed by atoms with Crippen molar-refractivity contribution in [2.75, 3.05) is 20.3 Å². The summed E-state index contributed by atoms with van der Waals surface area (Å²) in [6.07, 6.45) is 2.06. The maximum absolute atomic E-state index is 5.76. The predicted molar refractivity (Wildman–Crippen MR) is 69.2 cm³/mol.